The number of aryl methyl sites for hydroxylation is 1. The predicted octanol–water partition coefficient (Wildman–Crippen LogP) is 6.65. The predicted molar refractivity (Wildman–Crippen MR) is 152 cm³/mol. The summed E-state index contributed by atoms with van der Waals surface area (Å²) in [4.78, 5) is 6.34. The topological polar surface area (TPSA) is 40.3 Å². The number of aromatic nitrogens is 1. The first-order valence-corrected chi connectivity index (χ1v) is 14.0. The van der Waals surface area contributed by atoms with Crippen LogP contribution in [0, 0.1) is 5.92 Å². The summed E-state index contributed by atoms with van der Waals surface area (Å²) in [5.41, 5.74) is 8.11. The van der Waals surface area contributed by atoms with Crippen LogP contribution < -0.4 is 10.1 Å². The Kier molecular flexibility index (Phi) is 7.29. The van der Waals surface area contributed by atoms with E-state index in [0.29, 0.717) is 0 Å². The Hall–Kier alpha value is -3.08. The molecule has 6 rings (SSSR count). The minimum absolute atomic E-state index is 0.191. The van der Waals surface area contributed by atoms with Gasteiger partial charge in [-0.25, -0.2) is 0 Å². The number of methoxy groups -OCH3 is 1. The number of benzene rings is 3. The van der Waals surface area contributed by atoms with E-state index < -0.39 is 0 Å². The highest BCUT2D eigenvalue weighted by molar-refractivity contribution is 5.85. The number of rotatable bonds is 8. The number of aromatic amines is 1. The highest BCUT2D eigenvalue weighted by atomic mass is 16.5. The zero-order valence-corrected chi connectivity index (χ0v) is 22.0. The van der Waals surface area contributed by atoms with Gasteiger partial charge in [-0.3, -0.25) is 4.90 Å². The average molecular weight is 494 g/mol. The number of para-hydroxylation sites is 1. The Morgan fingerprint density at radius 3 is 2.59 bits per heavy atom. The van der Waals surface area contributed by atoms with Crippen molar-refractivity contribution in [3.05, 3.63) is 101 Å². The van der Waals surface area contributed by atoms with E-state index in [1.807, 2.05) is 0 Å². The molecule has 0 amide bonds. The molecule has 3 heterocycles. The zero-order valence-electron chi connectivity index (χ0n) is 22.0. The first-order chi connectivity index (χ1) is 18.3. The van der Waals surface area contributed by atoms with E-state index in [0.717, 1.165) is 31.2 Å². The van der Waals surface area contributed by atoms with Crippen LogP contribution >= 0.6 is 0 Å². The summed E-state index contributed by atoms with van der Waals surface area (Å²) in [5.74, 6) is 1.86. The number of likely N-dealkylation sites (tertiary alicyclic amines) is 1. The van der Waals surface area contributed by atoms with Gasteiger partial charge in [0.25, 0.3) is 0 Å². The number of nitrogens with zero attached hydrogens (tertiary/aromatic N) is 1. The second-order valence-electron chi connectivity index (χ2n) is 10.9. The average Bonchev–Trinajstić information content (AvgIpc) is 3.33. The lowest BCUT2D eigenvalue weighted by atomic mass is 9.90. The molecule has 2 aliphatic heterocycles. The highest BCUT2D eigenvalue weighted by Gasteiger charge is 2.26. The smallest absolute Gasteiger partial charge is 0.123 e. The molecular weight excluding hydrogens is 454 g/mol. The Labute approximate surface area is 221 Å². The van der Waals surface area contributed by atoms with Crippen molar-refractivity contribution in [3.63, 3.8) is 0 Å². The van der Waals surface area contributed by atoms with Crippen LogP contribution in [0.15, 0.2) is 72.8 Å². The van der Waals surface area contributed by atoms with E-state index >= 15 is 0 Å². The number of hydrogen-bond acceptors (Lipinski definition) is 3. The van der Waals surface area contributed by atoms with Gasteiger partial charge in [-0.2, -0.15) is 0 Å². The quantitative estimate of drug-likeness (QED) is 0.289. The first-order valence-electron chi connectivity index (χ1n) is 14.0. The summed E-state index contributed by atoms with van der Waals surface area (Å²) in [6, 6.07) is 26.6. The SMILES string of the molecule is COc1ccc(C2NCCc3c2[nH]c2ccccc32)cc1CN1CCC(CCCc2ccccc2)CC1. The molecule has 1 aromatic heterocycles. The van der Waals surface area contributed by atoms with Gasteiger partial charge in [0.15, 0.2) is 0 Å². The lowest BCUT2D eigenvalue weighted by molar-refractivity contribution is 0.169. The van der Waals surface area contributed by atoms with Crippen molar-refractivity contribution in [1.29, 1.82) is 0 Å². The first kappa shape index (κ1) is 24.3. The van der Waals surface area contributed by atoms with Gasteiger partial charge in [0.05, 0.1) is 13.2 Å². The standard InChI is InChI=1S/C33H39N3O/c1-37-31-15-14-26(32-33-29(16-19-34-32)28-12-5-6-13-30(28)35-33)22-27(31)23-36-20-17-25(18-21-36)11-7-10-24-8-3-2-4-9-24/h2-6,8-9,12-15,22,25,32,34-35H,7,10-11,16-21,23H2,1H3. The molecule has 2 aliphatic rings. The molecule has 37 heavy (non-hydrogen) atoms. The molecule has 0 saturated carbocycles. The van der Waals surface area contributed by atoms with E-state index in [4.69, 9.17) is 4.74 Å². The van der Waals surface area contributed by atoms with Gasteiger partial charge >= 0.3 is 0 Å². The van der Waals surface area contributed by atoms with Gasteiger partial charge in [0, 0.05) is 35.2 Å². The molecule has 4 heteroatoms. The van der Waals surface area contributed by atoms with Crippen LogP contribution in [-0.4, -0.2) is 36.6 Å². The van der Waals surface area contributed by atoms with Crippen molar-refractivity contribution in [2.45, 2.75) is 51.1 Å². The maximum absolute atomic E-state index is 5.81. The summed E-state index contributed by atoms with van der Waals surface area (Å²) >= 11 is 0. The number of H-pyrrole nitrogens is 1. The Balaban J connectivity index is 1.11. The molecular formula is C33H39N3O. The monoisotopic (exact) mass is 493 g/mol. The van der Waals surface area contributed by atoms with Crippen molar-refractivity contribution < 1.29 is 4.74 Å². The van der Waals surface area contributed by atoms with Crippen LogP contribution in [0.3, 0.4) is 0 Å². The number of piperidine rings is 1. The van der Waals surface area contributed by atoms with Crippen molar-refractivity contribution >= 4 is 10.9 Å². The fourth-order valence-corrected chi connectivity index (χ4v) is 6.48. The van der Waals surface area contributed by atoms with Gasteiger partial charge < -0.3 is 15.0 Å². The fraction of sp³-hybridized carbons (Fsp3) is 0.394. The minimum atomic E-state index is 0.191. The van der Waals surface area contributed by atoms with Crippen molar-refractivity contribution in [3.8, 4) is 5.75 Å². The van der Waals surface area contributed by atoms with E-state index in [2.05, 4.69) is 88.0 Å². The van der Waals surface area contributed by atoms with Crippen LogP contribution in [0.25, 0.3) is 10.9 Å². The largest absolute Gasteiger partial charge is 0.496 e. The number of nitrogens with one attached hydrogen (secondary N) is 2. The number of hydrogen-bond donors (Lipinski definition) is 2. The summed E-state index contributed by atoms with van der Waals surface area (Å²) in [6.07, 6.45) is 7.53. The van der Waals surface area contributed by atoms with Crippen LogP contribution in [0.2, 0.25) is 0 Å². The van der Waals surface area contributed by atoms with Crippen LogP contribution in [0.5, 0.6) is 5.75 Å². The maximum atomic E-state index is 5.81. The zero-order chi connectivity index (χ0) is 25.0. The molecule has 0 radical (unpaired) electrons. The number of fused-ring (bicyclic) bond motifs is 3. The second kappa shape index (κ2) is 11.1. The fourth-order valence-electron chi connectivity index (χ4n) is 6.48. The van der Waals surface area contributed by atoms with Gasteiger partial charge in [-0.15, -0.1) is 0 Å². The van der Waals surface area contributed by atoms with Gasteiger partial charge in [-0.1, -0.05) is 61.0 Å². The van der Waals surface area contributed by atoms with Gasteiger partial charge in [0.1, 0.15) is 5.75 Å². The van der Waals surface area contributed by atoms with Crippen LogP contribution in [0.4, 0.5) is 0 Å². The van der Waals surface area contributed by atoms with Crippen molar-refractivity contribution in [2.24, 2.45) is 5.92 Å². The van der Waals surface area contributed by atoms with Crippen molar-refractivity contribution in [1.82, 2.24) is 15.2 Å². The maximum Gasteiger partial charge on any atom is 0.123 e. The Bertz CT molecular complexity index is 1320. The van der Waals surface area contributed by atoms with Crippen LogP contribution in [-0.2, 0) is 19.4 Å². The molecule has 0 bridgehead atoms. The third kappa shape index (κ3) is 5.32. The molecule has 4 aromatic rings. The third-order valence-electron chi connectivity index (χ3n) is 8.52. The molecule has 2 N–H and O–H groups in total. The molecule has 1 fully saturated rings. The third-order valence-corrected chi connectivity index (χ3v) is 8.52. The van der Waals surface area contributed by atoms with Crippen molar-refractivity contribution in [2.75, 3.05) is 26.7 Å². The Morgan fingerprint density at radius 1 is 0.946 bits per heavy atom. The molecule has 0 spiro atoms. The normalized spacial score (nSPS) is 18.7. The summed E-state index contributed by atoms with van der Waals surface area (Å²) in [7, 11) is 1.80. The molecule has 1 atom stereocenters. The molecule has 0 aliphatic carbocycles. The lowest BCUT2D eigenvalue weighted by Crippen LogP contribution is -2.33. The van der Waals surface area contributed by atoms with E-state index in [9.17, 15) is 0 Å². The molecule has 1 unspecified atom stereocenters. The van der Waals surface area contributed by atoms with E-state index in [1.54, 1.807) is 7.11 Å². The second-order valence-corrected chi connectivity index (χ2v) is 10.9. The molecule has 1 saturated heterocycles. The summed E-state index contributed by atoms with van der Waals surface area (Å²) in [5, 5.41) is 5.14. The highest BCUT2D eigenvalue weighted by Crippen LogP contribution is 2.35. The minimum Gasteiger partial charge on any atom is -0.496 e. The van der Waals surface area contributed by atoms with Crippen LogP contribution in [0.1, 0.15) is 59.7 Å². The lowest BCUT2D eigenvalue weighted by Gasteiger charge is -2.32. The number of ether oxygens (including phenoxy) is 1. The Morgan fingerprint density at radius 2 is 1.76 bits per heavy atom. The van der Waals surface area contributed by atoms with E-state index in [-0.39, 0.29) is 6.04 Å². The molecule has 4 nitrogen and oxygen atoms in total. The molecule has 3 aromatic carbocycles. The van der Waals surface area contributed by atoms with Gasteiger partial charge in [-0.05, 0) is 86.0 Å². The molecule has 192 valence electrons. The van der Waals surface area contributed by atoms with Gasteiger partial charge in [0.2, 0.25) is 0 Å². The van der Waals surface area contributed by atoms with E-state index in [1.165, 1.54) is 84.0 Å². The summed E-state index contributed by atoms with van der Waals surface area (Å²) in [6.45, 7) is 4.31. The summed E-state index contributed by atoms with van der Waals surface area (Å²) < 4.78 is 5.81.